The molecular formula is C6H14NO8P. The molecule has 16 heavy (non-hydrogen) atoms. The lowest BCUT2D eigenvalue weighted by atomic mass is 9.98. The lowest BCUT2D eigenvalue weighted by molar-refractivity contribution is -0.242. The second-order valence-corrected chi connectivity index (χ2v) is 4.57. The van der Waals surface area contributed by atoms with Gasteiger partial charge in [0.05, 0.1) is 12.6 Å². The molecule has 0 aromatic carbocycles. The van der Waals surface area contributed by atoms with Crippen LogP contribution in [0.1, 0.15) is 0 Å². The molecule has 0 aliphatic carbocycles. The van der Waals surface area contributed by atoms with Gasteiger partial charge in [0.25, 0.3) is 0 Å². The fraction of sp³-hybridized carbons (Fsp3) is 1.00. The summed E-state index contributed by atoms with van der Waals surface area (Å²) in [7, 11) is -4.83. The van der Waals surface area contributed by atoms with Gasteiger partial charge in [-0.3, -0.25) is 4.52 Å². The molecule has 9 nitrogen and oxygen atoms in total. The van der Waals surface area contributed by atoms with Gasteiger partial charge in [-0.15, -0.1) is 0 Å². The quantitative estimate of drug-likeness (QED) is 0.287. The minimum Gasteiger partial charge on any atom is -0.394 e. The molecule has 0 aromatic rings. The molecular weight excluding hydrogens is 245 g/mol. The number of phosphoric ester groups is 1. The summed E-state index contributed by atoms with van der Waals surface area (Å²) in [5.41, 5.74) is 5.35. The van der Waals surface area contributed by atoms with Crippen LogP contribution in [0.5, 0.6) is 0 Å². The Hall–Kier alpha value is -0.0900. The van der Waals surface area contributed by atoms with Crippen LogP contribution in [-0.2, 0) is 13.8 Å². The predicted octanol–water partition coefficient (Wildman–Crippen LogP) is -3.14. The largest absolute Gasteiger partial charge is 0.471 e. The Bertz CT molecular complexity index is 280. The van der Waals surface area contributed by atoms with Gasteiger partial charge in [0.1, 0.15) is 18.3 Å². The Morgan fingerprint density at radius 2 is 1.88 bits per heavy atom. The Morgan fingerprint density at radius 1 is 1.31 bits per heavy atom. The summed E-state index contributed by atoms with van der Waals surface area (Å²) in [5.74, 6) is 0. The molecule has 1 rings (SSSR count). The summed E-state index contributed by atoms with van der Waals surface area (Å²) in [6.07, 6.45) is -5.78. The van der Waals surface area contributed by atoms with E-state index in [9.17, 15) is 14.8 Å². The summed E-state index contributed by atoms with van der Waals surface area (Å²) in [6, 6.07) is -1.33. The minimum atomic E-state index is -4.83. The van der Waals surface area contributed by atoms with Crippen molar-refractivity contribution in [3.8, 4) is 0 Å². The van der Waals surface area contributed by atoms with Crippen molar-refractivity contribution in [1.29, 1.82) is 0 Å². The Kier molecular flexibility index (Phi) is 4.41. The molecule has 96 valence electrons. The van der Waals surface area contributed by atoms with Crippen molar-refractivity contribution in [1.82, 2.24) is 0 Å². The molecule has 1 aliphatic heterocycles. The Balaban J connectivity index is 2.75. The summed E-state index contributed by atoms with van der Waals surface area (Å²) >= 11 is 0. The lowest BCUT2D eigenvalue weighted by Gasteiger charge is -2.40. The second-order valence-electron chi connectivity index (χ2n) is 3.38. The third kappa shape index (κ3) is 3.20. The first-order valence-corrected chi connectivity index (χ1v) is 5.91. The molecule has 0 bridgehead atoms. The average Bonchev–Trinajstić information content (AvgIpc) is 2.17. The van der Waals surface area contributed by atoms with Gasteiger partial charge in [0.2, 0.25) is 0 Å². The minimum absolute atomic E-state index is 0.647. The summed E-state index contributed by atoms with van der Waals surface area (Å²) < 4.78 is 19.5. The number of hydrogen-bond acceptors (Lipinski definition) is 7. The number of aliphatic hydroxyl groups is 3. The van der Waals surface area contributed by atoms with Gasteiger partial charge in [-0.1, -0.05) is 0 Å². The van der Waals surface area contributed by atoms with Crippen molar-refractivity contribution in [3.63, 3.8) is 0 Å². The van der Waals surface area contributed by atoms with E-state index in [-0.39, 0.29) is 0 Å². The first kappa shape index (κ1) is 14.0. The van der Waals surface area contributed by atoms with Gasteiger partial charge in [-0.2, -0.15) is 0 Å². The monoisotopic (exact) mass is 259 g/mol. The standard InChI is InChI=1S/C6H14NO8P/c7-3-5(10)4(9)2(1-8)14-6(3)15-16(11,12)13/h2-6,8-10H,1,7H2,(H2,11,12,13)/t2-,3-,4-,5-,6+/m0/s1. The highest BCUT2D eigenvalue weighted by Gasteiger charge is 2.45. The van der Waals surface area contributed by atoms with Crippen molar-refractivity contribution in [3.05, 3.63) is 0 Å². The van der Waals surface area contributed by atoms with Crippen LogP contribution < -0.4 is 5.73 Å². The van der Waals surface area contributed by atoms with Crippen LogP contribution in [0.4, 0.5) is 0 Å². The molecule has 0 aromatic heterocycles. The van der Waals surface area contributed by atoms with Crippen molar-refractivity contribution in [2.75, 3.05) is 6.61 Å². The summed E-state index contributed by atoms with van der Waals surface area (Å²) in [4.78, 5) is 17.1. The zero-order valence-electron chi connectivity index (χ0n) is 8.08. The molecule has 10 heteroatoms. The number of rotatable bonds is 3. The number of aliphatic hydroxyl groups excluding tert-OH is 3. The van der Waals surface area contributed by atoms with Crippen molar-refractivity contribution < 1.29 is 38.9 Å². The fourth-order valence-corrected chi connectivity index (χ4v) is 1.79. The smallest absolute Gasteiger partial charge is 0.394 e. The van der Waals surface area contributed by atoms with Crippen LogP contribution >= 0.6 is 7.82 Å². The molecule has 0 saturated carbocycles. The van der Waals surface area contributed by atoms with E-state index in [1.165, 1.54) is 0 Å². The molecule has 1 saturated heterocycles. The number of phosphoric acid groups is 1. The van der Waals surface area contributed by atoms with Gasteiger partial charge in [0, 0.05) is 0 Å². The molecule has 0 radical (unpaired) electrons. The van der Waals surface area contributed by atoms with Gasteiger partial charge >= 0.3 is 7.82 Å². The maximum Gasteiger partial charge on any atom is 0.471 e. The zero-order valence-corrected chi connectivity index (χ0v) is 8.97. The lowest BCUT2D eigenvalue weighted by Crippen LogP contribution is -2.62. The fourth-order valence-electron chi connectivity index (χ4n) is 1.33. The molecule has 7 N–H and O–H groups in total. The number of nitrogens with two attached hydrogens (primary N) is 1. The van der Waals surface area contributed by atoms with Crippen LogP contribution in [-0.4, -0.2) is 62.4 Å². The number of ether oxygens (including phenoxy) is 1. The van der Waals surface area contributed by atoms with Gasteiger partial charge in [0.15, 0.2) is 6.29 Å². The van der Waals surface area contributed by atoms with Crippen LogP contribution in [0.2, 0.25) is 0 Å². The third-order valence-corrected chi connectivity index (χ3v) is 2.65. The highest BCUT2D eigenvalue weighted by molar-refractivity contribution is 7.46. The van der Waals surface area contributed by atoms with E-state index in [1.807, 2.05) is 0 Å². The third-order valence-electron chi connectivity index (χ3n) is 2.17. The van der Waals surface area contributed by atoms with Gasteiger partial charge < -0.3 is 35.6 Å². The van der Waals surface area contributed by atoms with Crippen molar-refractivity contribution in [2.24, 2.45) is 5.73 Å². The van der Waals surface area contributed by atoms with Crippen LogP contribution in [0.15, 0.2) is 0 Å². The van der Waals surface area contributed by atoms with Crippen LogP contribution in [0.3, 0.4) is 0 Å². The highest BCUT2D eigenvalue weighted by Crippen LogP contribution is 2.40. The second kappa shape index (κ2) is 5.05. The van der Waals surface area contributed by atoms with Crippen molar-refractivity contribution >= 4 is 7.82 Å². The predicted molar refractivity (Wildman–Crippen MR) is 48.9 cm³/mol. The molecule has 0 unspecified atom stereocenters. The molecule has 1 fully saturated rings. The van der Waals surface area contributed by atoms with Gasteiger partial charge in [-0.05, 0) is 0 Å². The Labute approximate surface area is 90.6 Å². The maximum atomic E-state index is 10.6. The van der Waals surface area contributed by atoms with Crippen LogP contribution in [0, 0.1) is 0 Å². The molecule has 5 atom stereocenters. The van der Waals surface area contributed by atoms with E-state index >= 15 is 0 Å². The average molecular weight is 259 g/mol. The van der Waals surface area contributed by atoms with E-state index in [2.05, 4.69) is 4.52 Å². The normalized spacial score (nSPS) is 41.0. The van der Waals surface area contributed by atoms with E-state index < -0.39 is 45.1 Å². The molecule has 0 spiro atoms. The Morgan fingerprint density at radius 3 is 2.31 bits per heavy atom. The van der Waals surface area contributed by atoms with Gasteiger partial charge in [-0.25, -0.2) is 4.57 Å². The molecule has 1 aliphatic rings. The SMILES string of the molecule is N[C@@H]1[C@@H](OP(=O)(O)O)O[C@@H](CO)[C@H](O)[C@H]1O. The summed E-state index contributed by atoms with van der Waals surface area (Å²) in [6.45, 7) is -0.647. The number of hydrogen-bond donors (Lipinski definition) is 6. The molecule has 1 heterocycles. The van der Waals surface area contributed by atoms with E-state index in [0.29, 0.717) is 0 Å². The zero-order chi connectivity index (χ0) is 12.5. The summed E-state index contributed by atoms with van der Waals surface area (Å²) in [5, 5.41) is 27.6. The topological polar surface area (TPSA) is 163 Å². The van der Waals surface area contributed by atoms with E-state index in [0.717, 1.165) is 0 Å². The maximum absolute atomic E-state index is 10.6. The van der Waals surface area contributed by atoms with Crippen molar-refractivity contribution in [2.45, 2.75) is 30.6 Å². The van der Waals surface area contributed by atoms with Crippen LogP contribution in [0.25, 0.3) is 0 Å². The molecule has 0 amide bonds. The first-order chi connectivity index (χ1) is 7.26. The van der Waals surface area contributed by atoms with E-state index in [1.54, 1.807) is 0 Å². The van der Waals surface area contributed by atoms with E-state index in [4.69, 9.17) is 25.4 Å². The first-order valence-electron chi connectivity index (χ1n) is 4.38. The highest BCUT2D eigenvalue weighted by atomic mass is 31.2.